The highest BCUT2D eigenvalue weighted by molar-refractivity contribution is 7.99. The van der Waals surface area contributed by atoms with Crippen molar-refractivity contribution in [1.29, 1.82) is 0 Å². The van der Waals surface area contributed by atoms with Crippen molar-refractivity contribution in [3.63, 3.8) is 0 Å². The van der Waals surface area contributed by atoms with Gasteiger partial charge in [-0.15, -0.1) is 11.8 Å². The summed E-state index contributed by atoms with van der Waals surface area (Å²) in [5.41, 5.74) is 4.91. The molecular formula is C5H11NO2S. The first-order chi connectivity index (χ1) is 4.20. The van der Waals surface area contributed by atoms with Crippen LogP contribution in [0.5, 0.6) is 0 Å². The number of rotatable bonds is 3. The Morgan fingerprint density at radius 3 is 2.78 bits per heavy atom. The molecule has 54 valence electrons. The zero-order chi connectivity index (χ0) is 7.28. The van der Waals surface area contributed by atoms with Gasteiger partial charge < -0.3 is 10.5 Å². The Morgan fingerprint density at radius 1 is 1.89 bits per heavy atom. The lowest BCUT2D eigenvalue weighted by Gasteiger charge is -2.07. The molecule has 0 bridgehead atoms. The highest BCUT2D eigenvalue weighted by Crippen LogP contribution is 2.05. The van der Waals surface area contributed by atoms with E-state index in [2.05, 4.69) is 0 Å². The quantitative estimate of drug-likeness (QED) is 0.460. The van der Waals surface area contributed by atoms with Gasteiger partial charge in [-0.2, -0.15) is 0 Å². The van der Waals surface area contributed by atoms with E-state index in [-0.39, 0.29) is 18.0 Å². The normalized spacial score (nSPS) is 12.8. The second kappa shape index (κ2) is 4.64. The summed E-state index contributed by atoms with van der Waals surface area (Å²) in [6.07, 6.45) is 1.87. The lowest BCUT2D eigenvalue weighted by molar-refractivity contribution is -0.142. The van der Waals surface area contributed by atoms with Gasteiger partial charge in [-0.1, -0.05) is 0 Å². The SMILES string of the molecule is CSC(C)OC(=O)CN. The third-order valence-corrected chi connectivity index (χ3v) is 1.56. The molecule has 3 nitrogen and oxygen atoms in total. The van der Waals surface area contributed by atoms with Crippen molar-refractivity contribution in [2.24, 2.45) is 5.73 Å². The van der Waals surface area contributed by atoms with E-state index in [4.69, 9.17) is 10.5 Å². The number of esters is 1. The van der Waals surface area contributed by atoms with Crippen LogP contribution in [-0.2, 0) is 9.53 Å². The maximum Gasteiger partial charge on any atom is 0.320 e. The monoisotopic (exact) mass is 149 g/mol. The number of nitrogens with two attached hydrogens (primary N) is 1. The van der Waals surface area contributed by atoms with Crippen LogP contribution in [-0.4, -0.2) is 24.2 Å². The van der Waals surface area contributed by atoms with E-state index in [0.29, 0.717) is 0 Å². The van der Waals surface area contributed by atoms with Gasteiger partial charge in [0.15, 0.2) is 0 Å². The summed E-state index contributed by atoms with van der Waals surface area (Å²) in [7, 11) is 0. The molecule has 0 heterocycles. The minimum Gasteiger partial charge on any atom is -0.451 e. The molecule has 4 heteroatoms. The Kier molecular flexibility index (Phi) is 4.53. The van der Waals surface area contributed by atoms with Crippen molar-refractivity contribution in [3.8, 4) is 0 Å². The van der Waals surface area contributed by atoms with Gasteiger partial charge in [0.05, 0.1) is 6.54 Å². The molecule has 0 rings (SSSR count). The number of hydrogen-bond donors (Lipinski definition) is 1. The zero-order valence-corrected chi connectivity index (χ0v) is 6.40. The molecule has 0 spiro atoms. The summed E-state index contributed by atoms with van der Waals surface area (Å²) in [6.45, 7) is 1.77. The van der Waals surface area contributed by atoms with Crippen LogP contribution in [0.4, 0.5) is 0 Å². The molecule has 9 heavy (non-hydrogen) atoms. The average Bonchev–Trinajstić information content (AvgIpc) is 1.87. The maximum absolute atomic E-state index is 10.4. The highest BCUT2D eigenvalue weighted by atomic mass is 32.2. The second-order valence-electron chi connectivity index (χ2n) is 1.50. The highest BCUT2D eigenvalue weighted by Gasteiger charge is 2.03. The van der Waals surface area contributed by atoms with Gasteiger partial charge in [-0.3, -0.25) is 4.79 Å². The van der Waals surface area contributed by atoms with Gasteiger partial charge in [0.25, 0.3) is 0 Å². The molecule has 0 aliphatic carbocycles. The molecule has 0 amide bonds. The molecule has 0 aromatic heterocycles. The fourth-order valence-corrected chi connectivity index (χ4v) is 0.485. The molecule has 0 saturated heterocycles. The molecule has 0 fully saturated rings. The Hall–Kier alpha value is -0.220. The average molecular weight is 149 g/mol. The van der Waals surface area contributed by atoms with Crippen molar-refractivity contribution >= 4 is 17.7 Å². The largest absolute Gasteiger partial charge is 0.451 e. The smallest absolute Gasteiger partial charge is 0.320 e. The molecule has 0 aromatic rings. The Morgan fingerprint density at radius 2 is 2.44 bits per heavy atom. The van der Waals surface area contributed by atoms with Crippen molar-refractivity contribution in [3.05, 3.63) is 0 Å². The van der Waals surface area contributed by atoms with Crippen molar-refractivity contribution in [1.82, 2.24) is 0 Å². The van der Waals surface area contributed by atoms with Crippen molar-refractivity contribution in [2.45, 2.75) is 12.4 Å². The van der Waals surface area contributed by atoms with Crippen LogP contribution in [0.2, 0.25) is 0 Å². The molecule has 0 aliphatic heterocycles. The van der Waals surface area contributed by atoms with Crippen LogP contribution in [0.25, 0.3) is 0 Å². The first kappa shape index (κ1) is 8.78. The first-order valence-electron chi connectivity index (χ1n) is 2.63. The van der Waals surface area contributed by atoms with Gasteiger partial charge >= 0.3 is 5.97 Å². The van der Waals surface area contributed by atoms with E-state index in [1.54, 1.807) is 6.92 Å². The Labute approximate surface area is 58.9 Å². The first-order valence-corrected chi connectivity index (χ1v) is 3.91. The van der Waals surface area contributed by atoms with E-state index < -0.39 is 0 Å². The van der Waals surface area contributed by atoms with Gasteiger partial charge in [0.2, 0.25) is 0 Å². The summed E-state index contributed by atoms with van der Waals surface area (Å²) in [4.78, 5) is 10.4. The summed E-state index contributed by atoms with van der Waals surface area (Å²) in [5, 5.41) is 0. The molecule has 0 saturated carbocycles. The van der Waals surface area contributed by atoms with E-state index in [9.17, 15) is 4.79 Å². The number of carbonyl (C=O) groups excluding carboxylic acids is 1. The molecular weight excluding hydrogens is 138 g/mol. The van der Waals surface area contributed by atoms with Gasteiger partial charge in [-0.05, 0) is 13.2 Å². The number of thioether (sulfide) groups is 1. The minimum absolute atomic E-state index is 0.0368. The molecule has 2 N–H and O–H groups in total. The number of carbonyl (C=O) groups is 1. The van der Waals surface area contributed by atoms with Crippen LogP contribution in [0.3, 0.4) is 0 Å². The van der Waals surface area contributed by atoms with Gasteiger partial charge in [-0.25, -0.2) is 0 Å². The van der Waals surface area contributed by atoms with Gasteiger partial charge in [0.1, 0.15) is 5.44 Å². The predicted molar refractivity (Wildman–Crippen MR) is 38.1 cm³/mol. The second-order valence-corrected chi connectivity index (χ2v) is 2.63. The summed E-state index contributed by atoms with van der Waals surface area (Å²) in [5.74, 6) is -0.350. The van der Waals surface area contributed by atoms with Crippen LogP contribution in [0, 0.1) is 0 Å². The third-order valence-electron chi connectivity index (χ3n) is 0.796. The van der Waals surface area contributed by atoms with Crippen LogP contribution in [0.1, 0.15) is 6.92 Å². The lowest BCUT2D eigenvalue weighted by atomic mass is 10.7. The van der Waals surface area contributed by atoms with Crippen LogP contribution >= 0.6 is 11.8 Å². The predicted octanol–water partition coefficient (Wildman–Crippen LogP) is 0.197. The van der Waals surface area contributed by atoms with Gasteiger partial charge in [0, 0.05) is 0 Å². The number of ether oxygens (including phenoxy) is 1. The molecule has 1 atom stereocenters. The Balaban J connectivity index is 3.34. The topological polar surface area (TPSA) is 52.3 Å². The fraction of sp³-hybridized carbons (Fsp3) is 0.800. The molecule has 0 radical (unpaired) electrons. The maximum atomic E-state index is 10.4. The molecule has 1 unspecified atom stereocenters. The summed E-state index contributed by atoms with van der Waals surface area (Å²) in [6, 6.07) is 0. The summed E-state index contributed by atoms with van der Waals surface area (Å²) < 4.78 is 4.75. The summed E-state index contributed by atoms with van der Waals surface area (Å²) >= 11 is 1.47. The van der Waals surface area contributed by atoms with E-state index >= 15 is 0 Å². The number of hydrogen-bond acceptors (Lipinski definition) is 4. The van der Waals surface area contributed by atoms with E-state index in [1.165, 1.54) is 11.8 Å². The van der Waals surface area contributed by atoms with Crippen LogP contribution < -0.4 is 5.73 Å². The van der Waals surface area contributed by atoms with Crippen LogP contribution in [0.15, 0.2) is 0 Å². The lowest BCUT2D eigenvalue weighted by Crippen LogP contribution is -2.20. The minimum atomic E-state index is -0.350. The molecule has 0 aromatic carbocycles. The Bertz CT molecular complexity index is 97.0. The van der Waals surface area contributed by atoms with E-state index in [1.807, 2.05) is 6.26 Å². The fourth-order valence-electron chi connectivity index (χ4n) is 0.281. The third kappa shape index (κ3) is 4.29. The van der Waals surface area contributed by atoms with E-state index in [0.717, 1.165) is 0 Å². The molecule has 0 aliphatic rings. The van der Waals surface area contributed by atoms with Crippen molar-refractivity contribution in [2.75, 3.05) is 12.8 Å². The standard InChI is InChI=1S/C5H11NO2S/c1-4(9-2)8-5(7)3-6/h4H,3,6H2,1-2H3. The zero-order valence-electron chi connectivity index (χ0n) is 5.59. The van der Waals surface area contributed by atoms with Crippen molar-refractivity contribution < 1.29 is 9.53 Å².